The van der Waals surface area contributed by atoms with Crippen molar-refractivity contribution in [3.05, 3.63) is 24.3 Å². The van der Waals surface area contributed by atoms with Crippen LogP contribution in [0.2, 0.25) is 0 Å². The molecule has 1 aromatic rings. The molecule has 1 aliphatic rings. The smallest absolute Gasteiger partial charge is 0.406 e. The number of halogens is 4. The molecule has 0 aromatic heterocycles. The van der Waals surface area contributed by atoms with E-state index in [1.165, 1.54) is 24.3 Å². The molecule has 0 amide bonds. The number of hydrogen-bond acceptors (Lipinski definition) is 2. The molecule has 2 rings (SSSR count). The predicted octanol–water partition coefficient (Wildman–Crippen LogP) is 4.37. The zero-order chi connectivity index (χ0) is 16.4. The van der Waals surface area contributed by atoms with Crippen molar-refractivity contribution in [3.8, 4) is 5.75 Å². The maximum absolute atomic E-state index is 12.1. The summed E-state index contributed by atoms with van der Waals surface area (Å²) in [5.74, 6) is 0.546. The van der Waals surface area contributed by atoms with E-state index in [1.54, 1.807) is 0 Å². The average molecular weight is 443 g/mol. The molecule has 4 nitrogen and oxygen atoms in total. The van der Waals surface area contributed by atoms with E-state index >= 15 is 0 Å². The van der Waals surface area contributed by atoms with Crippen molar-refractivity contribution in [2.24, 2.45) is 22.1 Å². The Kier molecular flexibility index (Phi) is 6.55. The van der Waals surface area contributed by atoms with Crippen molar-refractivity contribution < 1.29 is 17.9 Å². The quantitative estimate of drug-likeness (QED) is 0.404. The van der Waals surface area contributed by atoms with E-state index in [-0.39, 0.29) is 41.1 Å². The molecular weight excluding hydrogens is 422 g/mol. The molecule has 0 bridgehead atoms. The lowest BCUT2D eigenvalue weighted by Gasteiger charge is -2.17. The molecule has 1 fully saturated rings. The second-order valence-corrected chi connectivity index (χ2v) is 5.92. The number of ether oxygens (including phenoxy) is 1. The van der Waals surface area contributed by atoms with Gasteiger partial charge in [0.1, 0.15) is 5.75 Å². The molecule has 8 heteroatoms. The highest BCUT2D eigenvalue weighted by Crippen LogP contribution is 2.51. The van der Waals surface area contributed by atoms with Crippen LogP contribution in [0.15, 0.2) is 29.3 Å². The van der Waals surface area contributed by atoms with E-state index in [0.29, 0.717) is 18.2 Å². The third-order valence-electron chi connectivity index (χ3n) is 4.04. The summed E-state index contributed by atoms with van der Waals surface area (Å²) in [5, 5.41) is 2.86. The summed E-state index contributed by atoms with van der Waals surface area (Å²) < 4.78 is 40.0. The molecule has 0 unspecified atom stereocenters. The Bertz CT molecular complexity index is 540. The van der Waals surface area contributed by atoms with Crippen LogP contribution in [0, 0.1) is 11.3 Å². The van der Waals surface area contributed by atoms with E-state index in [4.69, 9.17) is 5.73 Å². The van der Waals surface area contributed by atoms with Crippen LogP contribution < -0.4 is 15.8 Å². The van der Waals surface area contributed by atoms with Gasteiger partial charge in [-0.25, -0.2) is 0 Å². The summed E-state index contributed by atoms with van der Waals surface area (Å²) in [6, 6.07) is 5.36. The number of anilines is 1. The molecule has 1 aromatic carbocycles. The summed E-state index contributed by atoms with van der Waals surface area (Å²) in [4.78, 5) is 4.33. The van der Waals surface area contributed by atoms with Crippen LogP contribution in [0.4, 0.5) is 18.9 Å². The van der Waals surface area contributed by atoms with Crippen LogP contribution in [-0.4, -0.2) is 18.9 Å². The van der Waals surface area contributed by atoms with E-state index < -0.39 is 6.36 Å². The lowest BCUT2D eigenvalue weighted by Crippen LogP contribution is -2.25. The second kappa shape index (κ2) is 7.59. The molecular formula is C15H21F3IN3O. The topological polar surface area (TPSA) is 59.6 Å². The largest absolute Gasteiger partial charge is 0.573 e. The van der Waals surface area contributed by atoms with Gasteiger partial charge < -0.3 is 15.8 Å². The normalized spacial score (nSPS) is 16.7. The van der Waals surface area contributed by atoms with Gasteiger partial charge in [-0.15, -0.1) is 37.1 Å². The molecule has 0 radical (unpaired) electrons. The highest BCUT2D eigenvalue weighted by molar-refractivity contribution is 14.0. The fourth-order valence-electron chi connectivity index (χ4n) is 2.25. The number of aliphatic imine (C=N–C) groups is 1. The Morgan fingerprint density at radius 1 is 1.30 bits per heavy atom. The SMILES string of the molecule is CC(C)C1(CN=C(N)Nc2ccc(OC(F)(F)F)cc2)CC1.I. The Hall–Kier alpha value is -1.19. The van der Waals surface area contributed by atoms with Gasteiger partial charge in [-0.3, -0.25) is 4.99 Å². The van der Waals surface area contributed by atoms with Gasteiger partial charge in [-0.1, -0.05) is 13.8 Å². The predicted molar refractivity (Wildman–Crippen MR) is 95.2 cm³/mol. The van der Waals surface area contributed by atoms with E-state index in [9.17, 15) is 13.2 Å². The van der Waals surface area contributed by atoms with Crippen LogP contribution in [0.5, 0.6) is 5.75 Å². The minimum absolute atomic E-state index is 0. The number of nitrogens with zero attached hydrogens (tertiary/aromatic N) is 1. The number of nitrogens with two attached hydrogens (primary N) is 1. The van der Waals surface area contributed by atoms with E-state index in [0.717, 1.165) is 12.8 Å². The number of rotatable bonds is 5. The molecule has 23 heavy (non-hydrogen) atoms. The van der Waals surface area contributed by atoms with Crippen LogP contribution in [0.3, 0.4) is 0 Å². The minimum Gasteiger partial charge on any atom is -0.406 e. The monoisotopic (exact) mass is 443 g/mol. The van der Waals surface area contributed by atoms with Gasteiger partial charge >= 0.3 is 6.36 Å². The molecule has 130 valence electrons. The number of benzene rings is 1. The Balaban J connectivity index is 0.00000264. The van der Waals surface area contributed by atoms with Gasteiger partial charge in [0, 0.05) is 12.2 Å². The van der Waals surface area contributed by atoms with Crippen LogP contribution in [-0.2, 0) is 0 Å². The molecule has 3 N–H and O–H groups in total. The fourth-order valence-corrected chi connectivity index (χ4v) is 2.25. The van der Waals surface area contributed by atoms with Crippen LogP contribution >= 0.6 is 24.0 Å². The Morgan fingerprint density at radius 3 is 2.30 bits per heavy atom. The van der Waals surface area contributed by atoms with E-state index in [2.05, 4.69) is 28.9 Å². The lowest BCUT2D eigenvalue weighted by atomic mass is 9.93. The first-order chi connectivity index (χ1) is 10.2. The van der Waals surface area contributed by atoms with Gasteiger partial charge in [0.2, 0.25) is 0 Å². The Labute approximate surface area is 150 Å². The van der Waals surface area contributed by atoms with Crippen LogP contribution in [0.25, 0.3) is 0 Å². The van der Waals surface area contributed by atoms with Crippen LogP contribution in [0.1, 0.15) is 26.7 Å². The molecule has 0 aliphatic heterocycles. The first-order valence-electron chi connectivity index (χ1n) is 7.13. The summed E-state index contributed by atoms with van der Waals surface area (Å²) in [6.45, 7) is 5.01. The number of alkyl halides is 3. The van der Waals surface area contributed by atoms with Gasteiger partial charge in [-0.05, 0) is 48.4 Å². The molecule has 0 heterocycles. The molecule has 0 atom stereocenters. The minimum atomic E-state index is -4.69. The van der Waals surface area contributed by atoms with Gasteiger partial charge in [0.05, 0.1) is 0 Å². The first kappa shape index (κ1) is 19.9. The van der Waals surface area contributed by atoms with Crippen molar-refractivity contribution in [2.45, 2.75) is 33.1 Å². The molecule has 1 aliphatic carbocycles. The van der Waals surface area contributed by atoms with Gasteiger partial charge in [-0.2, -0.15) is 0 Å². The third-order valence-corrected chi connectivity index (χ3v) is 4.04. The standard InChI is InChI=1S/C15H20F3N3O.HI/c1-10(2)14(7-8-14)9-20-13(19)21-11-3-5-12(6-4-11)22-15(16,17)18;/h3-6,10H,7-9H2,1-2H3,(H3,19,20,21);1H. The molecule has 0 saturated heterocycles. The third kappa shape index (κ3) is 6.08. The molecule has 1 saturated carbocycles. The Morgan fingerprint density at radius 2 is 1.87 bits per heavy atom. The summed E-state index contributed by atoms with van der Waals surface area (Å²) in [5.41, 5.74) is 6.63. The highest BCUT2D eigenvalue weighted by Gasteiger charge is 2.45. The first-order valence-corrected chi connectivity index (χ1v) is 7.13. The van der Waals surface area contributed by atoms with Crippen molar-refractivity contribution >= 4 is 35.6 Å². The maximum atomic E-state index is 12.1. The van der Waals surface area contributed by atoms with Gasteiger partial charge in [0.15, 0.2) is 5.96 Å². The van der Waals surface area contributed by atoms with Gasteiger partial charge in [0.25, 0.3) is 0 Å². The molecule has 0 spiro atoms. The zero-order valence-corrected chi connectivity index (χ0v) is 15.3. The second-order valence-electron chi connectivity index (χ2n) is 5.92. The van der Waals surface area contributed by atoms with Crippen molar-refractivity contribution in [3.63, 3.8) is 0 Å². The van der Waals surface area contributed by atoms with E-state index in [1.807, 2.05) is 0 Å². The zero-order valence-electron chi connectivity index (χ0n) is 13.0. The number of hydrogen-bond donors (Lipinski definition) is 2. The summed E-state index contributed by atoms with van der Waals surface area (Å²) in [6.07, 6.45) is -2.37. The van der Waals surface area contributed by atoms with Crippen molar-refractivity contribution in [1.29, 1.82) is 0 Å². The fraction of sp³-hybridized carbons (Fsp3) is 0.533. The lowest BCUT2D eigenvalue weighted by molar-refractivity contribution is -0.274. The average Bonchev–Trinajstić information content (AvgIpc) is 3.18. The highest BCUT2D eigenvalue weighted by atomic mass is 127. The maximum Gasteiger partial charge on any atom is 0.573 e. The van der Waals surface area contributed by atoms with Crippen molar-refractivity contribution in [2.75, 3.05) is 11.9 Å². The summed E-state index contributed by atoms with van der Waals surface area (Å²) in [7, 11) is 0. The van der Waals surface area contributed by atoms with Crippen molar-refractivity contribution in [1.82, 2.24) is 0 Å². The number of nitrogens with one attached hydrogen (secondary N) is 1. The number of guanidine groups is 1. The summed E-state index contributed by atoms with van der Waals surface area (Å²) >= 11 is 0.